The highest BCUT2D eigenvalue weighted by molar-refractivity contribution is 5.86. The van der Waals surface area contributed by atoms with Crippen LogP contribution in [-0.4, -0.2) is 44.8 Å². The van der Waals surface area contributed by atoms with Crippen LogP contribution in [0.4, 0.5) is 13.2 Å². The average molecular weight is 374 g/mol. The van der Waals surface area contributed by atoms with Crippen molar-refractivity contribution >= 4 is 11.9 Å². The molecule has 0 aliphatic carbocycles. The number of ether oxygens (including phenoxy) is 1. The molecule has 26 heavy (non-hydrogen) atoms. The summed E-state index contributed by atoms with van der Waals surface area (Å²) in [6.45, 7) is 1.83. The highest BCUT2D eigenvalue weighted by Crippen LogP contribution is 2.15. The Bertz CT molecular complexity index is 574. The van der Waals surface area contributed by atoms with Gasteiger partial charge in [0.1, 0.15) is 6.61 Å². The van der Waals surface area contributed by atoms with Crippen LogP contribution in [0.15, 0.2) is 29.3 Å². The summed E-state index contributed by atoms with van der Waals surface area (Å²) in [7, 11) is 1.60. The molecule has 0 atom stereocenters. The third kappa shape index (κ3) is 9.87. The lowest BCUT2D eigenvalue weighted by molar-refractivity contribution is -0.176. The van der Waals surface area contributed by atoms with Gasteiger partial charge in [-0.25, -0.2) is 0 Å². The first kappa shape index (κ1) is 21.8. The molecule has 0 heterocycles. The minimum atomic E-state index is -4.32. The molecular formula is C17H25F3N4O2. The van der Waals surface area contributed by atoms with Crippen LogP contribution in [0, 0.1) is 0 Å². The fraction of sp³-hybridized carbons (Fsp3) is 0.529. The van der Waals surface area contributed by atoms with E-state index in [1.165, 1.54) is 0 Å². The van der Waals surface area contributed by atoms with E-state index in [-0.39, 0.29) is 19.1 Å². The second-order valence-electron chi connectivity index (χ2n) is 5.55. The van der Waals surface area contributed by atoms with Crippen molar-refractivity contribution in [2.24, 2.45) is 4.99 Å². The standard InChI is InChI=1S/C17H25F3N4O2/c1-3-8-22-15(25)10-24-16(21-2)23-9-13-4-6-14(7-5-13)11-26-12-17(18,19)20/h4-7H,3,8-12H2,1-2H3,(H,22,25)(H2,21,23,24). The number of rotatable bonds is 9. The zero-order valence-corrected chi connectivity index (χ0v) is 14.9. The van der Waals surface area contributed by atoms with E-state index < -0.39 is 12.8 Å². The molecule has 0 fully saturated rings. The number of nitrogens with one attached hydrogen (secondary N) is 3. The van der Waals surface area contributed by atoms with Crippen LogP contribution in [0.3, 0.4) is 0 Å². The molecule has 0 radical (unpaired) electrons. The van der Waals surface area contributed by atoms with E-state index in [1.807, 2.05) is 6.92 Å². The van der Waals surface area contributed by atoms with Crippen LogP contribution in [0.2, 0.25) is 0 Å². The number of hydrogen-bond donors (Lipinski definition) is 3. The molecule has 9 heteroatoms. The van der Waals surface area contributed by atoms with Crippen molar-refractivity contribution < 1.29 is 22.7 Å². The van der Waals surface area contributed by atoms with Crippen LogP contribution >= 0.6 is 0 Å². The summed E-state index contributed by atoms with van der Waals surface area (Å²) in [6, 6.07) is 7.00. The van der Waals surface area contributed by atoms with Crippen molar-refractivity contribution in [3.63, 3.8) is 0 Å². The molecule has 0 spiro atoms. The van der Waals surface area contributed by atoms with Gasteiger partial charge in [-0.2, -0.15) is 13.2 Å². The molecule has 0 aliphatic rings. The van der Waals surface area contributed by atoms with Crippen LogP contribution < -0.4 is 16.0 Å². The van der Waals surface area contributed by atoms with Gasteiger partial charge in [-0.05, 0) is 17.5 Å². The van der Waals surface area contributed by atoms with E-state index in [2.05, 4.69) is 25.7 Å². The maximum absolute atomic E-state index is 12.0. The molecule has 0 unspecified atom stereocenters. The number of amides is 1. The number of carbonyl (C=O) groups excluding carboxylic acids is 1. The molecule has 3 N–H and O–H groups in total. The van der Waals surface area contributed by atoms with Gasteiger partial charge in [0.25, 0.3) is 0 Å². The van der Waals surface area contributed by atoms with Crippen LogP contribution in [0.1, 0.15) is 24.5 Å². The quantitative estimate of drug-likeness (QED) is 0.456. The van der Waals surface area contributed by atoms with Crippen LogP contribution in [-0.2, 0) is 22.7 Å². The molecule has 1 amide bonds. The summed E-state index contributed by atoms with van der Waals surface area (Å²) in [4.78, 5) is 15.6. The zero-order valence-electron chi connectivity index (χ0n) is 14.9. The molecule has 0 saturated carbocycles. The molecule has 1 aromatic rings. The summed E-state index contributed by atoms with van der Waals surface area (Å²) in [5.41, 5.74) is 1.58. The number of alkyl halides is 3. The second kappa shape index (κ2) is 11.3. The van der Waals surface area contributed by atoms with Gasteiger partial charge in [0.2, 0.25) is 5.91 Å². The van der Waals surface area contributed by atoms with Gasteiger partial charge in [0.05, 0.1) is 13.2 Å². The Morgan fingerprint density at radius 3 is 2.35 bits per heavy atom. The molecule has 0 bridgehead atoms. The number of halogens is 3. The molecular weight excluding hydrogens is 349 g/mol. The minimum absolute atomic E-state index is 0.0939. The van der Waals surface area contributed by atoms with E-state index in [0.29, 0.717) is 24.6 Å². The van der Waals surface area contributed by atoms with Gasteiger partial charge in [-0.15, -0.1) is 0 Å². The maximum Gasteiger partial charge on any atom is 0.411 e. The molecule has 0 aliphatic heterocycles. The Morgan fingerprint density at radius 1 is 1.12 bits per heavy atom. The topological polar surface area (TPSA) is 74.8 Å². The predicted octanol–water partition coefficient (Wildman–Crippen LogP) is 1.96. The largest absolute Gasteiger partial charge is 0.411 e. The number of carbonyl (C=O) groups is 1. The molecule has 146 valence electrons. The Balaban J connectivity index is 2.35. The first-order valence-corrected chi connectivity index (χ1v) is 8.27. The van der Waals surface area contributed by atoms with Crippen molar-refractivity contribution in [3.05, 3.63) is 35.4 Å². The number of hydrogen-bond acceptors (Lipinski definition) is 3. The van der Waals surface area contributed by atoms with E-state index in [1.54, 1.807) is 31.3 Å². The first-order valence-electron chi connectivity index (χ1n) is 8.27. The molecule has 1 aromatic carbocycles. The van der Waals surface area contributed by atoms with Gasteiger partial charge in [0, 0.05) is 20.1 Å². The highest BCUT2D eigenvalue weighted by atomic mass is 19.4. The fourth-order valence-corrected chi connectivity index (χ4v) is 1.94. The lowest BCUT2D eigenvalue weighted by Crippen LogP contribution is -2.43. The van der Waals surface area contributed by atoms with Crippen LogP contribution in [0.25, 0.3) is 0 Å². The number of benzene rings is 1. The molecule has 0 aromatic heterocycles. The molecule has 0 saturated heterocycles. The third-order valence-corrected chi connectivity index (χ3v) is 3.23. The summed E-state index contributed by atoms with van der Waals surface area (Å²) in [6.07, 6.45) is -3.45. The van der Waals surface area contributed by atoms with Crippen molar-refractivity contribution in [1.82, 2.24) is 16.0 Å². The monoisotopic (exact) mass is 374 g/mol. The molecule has 6 nitrogen and oxygen atoms in total. The van der Waals surface area contributed by atoms with Crippen LogP contribution in [0.5, 0.6) is 0 Å². The van der Waals surface area contributed by atoms with Crippen molar-refractivity contribution in [3.8, 4) is 0 Å². The van der Waals surface area contributed by atoms with E-state index in [4.69, 9.17) is 0 Å². The van der Waals surface area contributed by atoms with E-state index in [9.17, 15) is 18.0 Å². The number of aliphatic imine (C=N–C) groups is 1. The van der Waals surface area contributed by atoms with Gasteiger partial charge in [-0.1, -0.05) is 31.2 Å². The van der Waals surface area contributed by atoms with Gasteiger partial charge in [0.15, 0.2) is 5.96 Å². The van der Waals surface area contributed by atoms with Gasteiger partial charge in [-0.3, -0.25) is 9.79 Å². The van der Waals surface area contributed by atoms with Crippen molar-refractivity contribution in [2.75, 3.05) is 26.7 Å². The second-order valence-corrected chi connectivity index (χ2v) is 5.55. The molecule has 1 rings (SSSR count). The van der Waals surface area contributed by atoms with E-state index >= 15 is 0 Å². The maximum atomic E-state index is 12.0. The third-order valence-electron chi connectivity index (χ3n) is 3.23. The lowest BCUT2D eigenvalue weighted by Gasteiger charge is -2.12. The summed E-state index contributed by atoms with van der Waals surface area (Å²) >= 11 is 0. The van der Waals surface area contributed by atoms with Crippen molar-refractivity contribution in [1.29, 1.82) is 0 Å². The van der Waals surface area contributed by atoms with Gasteiger partial charge < -0.3 is 20.7 Å². The number of guanidine groups is 1. The van der Waals surface area contributed by atoms with E-state index in [0.717, 1.165) is 12.0 Å². The minimum Gasteiger partial charge on any atom is -0.367 e. The van der Waals surface area contributed by atoms with Crippen molar-refractivity contribution in [2.45, 2.75) is 32.7 Å². The SMILES string of the molecule is CCCNC(=O)CNC(=NC)NCc1ccc(COCC(F)(F)F)cc1. The average Bonchev–Trinajstić information content (AvgIpc) is 2.60. The first-order chi connectivity index (χ1) is 12.3. The summed E-state index contributed by atoms with van der Waals surface area (Å²) < 4.78 is 40.7. The Hall–Kier alpha value is -2.29. The fourth-order valence-electron chi connectivity index (χ4n) is 1.94. The number of nitrogens with zero attached hydrogens (tertiary/aromatic N) is 1. The van der Waals surface area contributed by atoms with Gasteiger partial charge >= 0.3 is 6.18 Å². The smallest absolute Gasteiger partial charge is 0.367 e. The predicted molar refractivity (Wildman–Crippen MR) is 93.7 cm³/mol. The highest BCUT2D eigenvalue weighted by Gasteiger charge is 2.27. The lowest BCUT2D eigenvalue weighted by atomic mass is 10.1. The summed E-state index contributed by atoms with van der Waals surface area (Å²) in [5, 5.41) is 8.71. The zero-order chi connectivity index (χ0) is 19.4. The summed E-state index contributed by atoms with van der Waals surface area (Å²) in [5.74, 6) is 0.368. The Labute approximate surface area is 151 Å². The Morgan fingerprint density at radius 2 is 1.77 bits per heavy atom. The Kier molecular flexibility index (Phi) is 9.50. The normalized spacial score (nSPS) is 12.0.